The minimum atomic E-state index is 0. The van der Waals surface area contributed by atoms with Crippen molar-refractivity contribution < 1.29 is 0 Å². The SMILES string of the molecule is C1CCCCCCCCC1.C1CCCCCCCCC1.C1CCCCCCCCC1.N. The molecule has 0 radical (unpaired) electrons. The molecule has 0 saturated heterocycles. The maximum Gasteiger partial charge on any atom is -0.0533 e. The van der Waals surface area contributed by atoms with Gasteiger partial charge < -0.3 is 6.15 Å². The van der Waals surface area contributed by atoms with Crippen LogP contribution in [0, 0.1) is 0 Å². The zero-order valence-corrected chi connectivity index (χ0v) is 21.9. The second kappa shape index (κ2) is 28.0. The van der Waals surface area contributed by atoms with Crippen molar-refractivity contribution in [2.75, 3.05) is 0 Å². The van der Waals surface area contributed by atoms with Crippen LogP contribution in [0.2, 0.25) is 0 Å². The Morgan fingerprint density at radius 1 is 0.0968 bits per heavy atom. The van der Waals surface area contributed by atoms with E-state index in [0.717, 1.165) is 0 Å². The molecule has 3 N–H and O–H groups in total. The summed E-state index contributed by atoms with van der Waals surface area (Å²) < 4.78 is 0. The Bertz CT molecular complexity index is 154. The van der Waals surface area contributed by atoms with E-state index in [2.05, 4.69) is 0 Å². The summed E-state index contributed by atoms with van der Waals surface area (Å²) in [5, 5.41) is 0. The molecule has 3 rings (SSSR count). The molecule has 0 unspecified atom stereocenters. The van der Waals surface area contributed by atoms with Crippen LogP contribution in [-0.2, 0) is 0 Å². The maximum atomic E-state index is 1.50. The van der Waals surface area contributed by atoms with Crippen LogP contribution >= 0.6 is 0 Å². The summed E-state index contributed by atoms with van der Waals surface area (Å²) in [6, 6.07) is 0. The molecular weight excluding hydrogens is 374 g/mol. The van der Waals surface area contributed by atoms with Crippen LogP contribution in [0.3, 0.4) is 0 Å². The van der Waals surface area contributed by atoms with Crippen LogP contribution < -0.4 is 6.15 Å². The summed E-state index contributed by atoms with van der Waals surface area (Å²) >= 11 is 0. The van der Waals surface area contributed by atoms with Gasteiger partial charge in [-0.3, -0.25) is 0 Å². The third-order valence-electron chi connectivity index (χ3n) is 7.50. The van der Waals surface area contributed by atoms with Gasteiger partial charge in [0.2, 0.25) is 0 Å². The molecule has 0 aromatic rings. The van der Waals surface area contributed by atoms with Crippen LogP contribution in [0.5, 0.6) is 0 Å². The molecule has 3 fully saturated rings. The highest BCUT2D eigenvalue weighted by Crippen LogP contribution is 2.17. The molecule has 3 aliphatic carbocycles. The minimum absolute atomic E-state index is 0. The standard InChI is InChI=1S/3C10H20.H3N/c3*1-2-4-6-8-10-9-7-5-3-1;/h3*1-10H2;1H3. The van der Waals surface area contributed by atoms with Gasteiger partial charge in [0.15, 0.2) is 0 Å². The highest BCUT2D eigenvalue weighted by molar-refractivity contribution is 4.53. The third kappa shape index (κ3) is 26.1. The van der Waals surface area contributed by atoms with Crippen molar-refractivity contribution in [3.8, 4) is 0 Å². The number of rotatable bonds is 0. The summed E-state index contributed by atoms with van der Waals surface area (Å²) in [6.45, 7) is 0. The molecule has 0 atom stereocenters. The van der Waals surface area contributed by atoms with E-state index in [-0.39, 0.29) is 6.15 Å². The fourth-order valence-corrected chi connectivity index (χ4v) is 5.30. The fourth-order valence-electron chi connectivity index (χ4n) is 5.30. The Balaban J connectivity index is 0.000000429. The quantitative estimate of drug-likeness (QED) is 0.401. The van der Waals surface area contributed by atoms with E-state index >= 15 is 0 Å². The Labute approximate surface area is 198 Å². The molecule has 0 heterocycles. The van der Waals surface area contributed by atoms with Crippen molar-refractivity contribution in [1.29, 1.82) is 0 Å². The molecule has 0 aromatic carbocycles. The molecule has 0 bridgehead atoms. The van der Waals surface area contributed by atoms with Crippen molar-refractivity contribution in [3.05, 3.63) is 0 Å². The lowest BCUT2D eigenvalue weighted by Crippen LogP contribution is -1.85. The molecule has 3 aliphatic rings. The normalized spacial score (nSPS) is 23.2. The van der Waals surface area contributed by atoms with Gasteiger partial charge in [-0.1, -0.05) is 193 Å². The van der Waals surface area contributed by atoms with Gasteiger partial charge in [-0.25, -0.2) is 0 Å². The van der Waals surface area contributed by atoms with Crippen molar-refractivity contribution >= 4 is 0 Å². The van der Waals surface area contributed by atoms with Crippen molar-refractivity contribution in [2.45, 2.75) is 193 Å². The van der Waals surface area contributed by atoms with Crippen molar-refractivity contribution in [3.63, 3.8) is 0 Å². The largest absolute Gasteiger partial charge is 0.344 e. The molecule has 188 valence electrons. The van der Waals surface area contributed by atoms with Crippen LogP contribution in [0.25, 0.3) is 0 Å². The van der Waals surface area contributed by atoms with Gasteiger partial charge in [-0.15, -0.1) is 0 Å². The summed E-state index contributed by atoms with van der Waals surface area (Å²) in [5.74, 6) is 0. The number of hydrogen-bond donors (Lipinski definition) is 1. The van der Waals surface area contributed by atoms with E-state index < -0.39 is 0 Å². The molecule has 1 nitrogen and oxygen atoms in total. The molecule has 31 heavy (non-hydrogen) atoms. The summed E-state index contributed by atoms with van der Waals surface area (Å²) in [4.78, 5) is 0. The lowest BCUT2D eigenvalue weighted by Gasteiger charge is -2.05. The smallest absolute Gasteiger partial charge is 0.0533 e. The van der Waals surface area contributed by atoms with Gasteiger partial charge in [-0.2, -0.15) is 0 Å². The van der Waals surface area contributed by atoms with Crippen molar-refractivity contribution in [2.24, 2.45) is 0 Å². The highest BCUT2D eigenvalue weighted by atomic mass is 14.0. The Kier molecular flexibility index (Phi) is 28.0. The van der Waals surface area contributed by atoms with Gasteiger partial charge in [-0.05, 0) is 0 Å². The van der Waals surface area contributed by atoms with E-state index in [9.17, 15) is 0 Å². The van der Waals surface area contributed by atoms with Crippen LogP contribution in [0.15, 0.2) is 0 Å². The average molecular weight is 438 g/mol. The van der Waals surface area contributed by atoms with Gasteiger partial charge >= 0.3 is 0 Å². The molecule has 0 aromatic heterocycles. The average Bonchev–Trinajstić information content (AvgIpc) is 2.81. The zero-order valence-electron chi connectivity index (χ0n) is 21.9. The van der Waals surface area contributed by atoms with E-state index in [0.29, 0.717) is 0 Å². The van der Waals surface area contributed by atoms with Crippen LogP contribution in [-0.4, -0.2) is 0 Å². The Hall–Kier alpha value is -0.0400. The van der Waals surface area contributed by atoms with Gasteiger partial charge in [0.1, 0.15) is 0 Å². The summed E-state index contributed by atoms with van der Waals surface area (Å²) in [5.41, 5.74) is 0. The minimum Gasteiger partial charge on any atom is -0.344 e. The van der Waals surface area contributed by atoms with Crippen LogP contribution in [0.4, 0.5) is 0 Å². The van der Waals surface area contributed by atoms with E-state index in [1.807, 2.05) is 0 Å². The zero-order chi connectivity index (χ0) is 21.2. The van der Waals surface area contributed by atoms with E-state index in [1.165, 1.54) is 193 Å². The Morgan fingerprint density at radius 3 is 0.161 bits per heavy atom. The molecular formula is C30H63N. The van der Waals surface area contributed by atoms with E-state index in [1.54, 1.807) is 0 Å². The first-order chi connectivity index (χ1) is 15.0. The predicted octanol–water partition coefficient (Wildman–Crippen LogP) is 11.9. The predicted molar refractivity (Wildman–Crippen MR) is 144 cm³/mol. The third-order valence-corrected chi connectivity index (χ3v) is 7.50. The maximum absolute atomic E-state index is 1.50. The topological polar surface area (TPSA) is 35.0 Å². The van der Waals surface area contributed by atoms with Gasteiger partial charge in [0.05, 0.1) is 0 Å². The van der Waals surface area contributed by atoms with Gasteiger partial charge in [0.25, 0.3) is 0 Å². The monoisotopic (exact) mass is 437 g/mol. The first-order valence-corrected chi connectivity index (χ1v) is 15.0. The second-order valence-corrected chi connectivity index (χ2v) is 10.6. The summed E-state index contributed by atoms with van der Waals surface area (Å²) in [7, 11) is 0. The first kappa shape index (κ1) is 31.0. The lowest BCUT2D eigenvalue weighted by atomic mass is 10.0. The van der Waals surface area contributed by atoms with Crippen molar-refractivity contribution in [1.82, 2.24) is 6.15 Å². The molecule has 0 aliphatic heterocycles. The highest BCUT2D eigenvalue weighted by Gasteiger charge is 1.97. The van der Waals surface area contributed by atoms with E-state index in [4.69, 9.17) is 0 Å². The molecule has 0 amide bonds. The molecule has 0 spiro atoms. The molecule has 1 heteroatoms. The first-order valence-electron chi connectivity index (χ1n) is 15.0. The number of hydrogen-bond acceptors (Lipinski definition) is 1. The second-order valence-electron chi connectivity index (χ2n) is 10.6. The lowest BCUT2D eigenvalue weighted by molar-refractivity contribution is 0.504. The summed E-state index contributed by atoms with van der Waals surface area (Å²) in [6.07, 6.45) is 45.0. The fraction of sp³-hybridized carbons (Fsp3) is 1.00. The van der Waals surface area contributed by atoms with Crippen LogP contribution in [0.1, 0.15) is 193 Å². The Morgan fingerprint density at radius 2 is 0.129 bits per heavy atom. The molecule has 3 saturated carbocycles. The van der Waals surface area contributed by atoms with Gasteiger partial charge in [0, 0.05) is 0 Å².